The molecule has 4 nitrogen and oxygen atoms in total. The molecule has 0 aromatic heterocycles. The van der Waals surface area contributed by atoms with Gasteiger partial charge in [0.1, 0.15) is 5.75 Å². The molecular weight excluding hydrogens is 230 g/mol. The predicted molar refractivity (Wildman–Crippen MR) is 68.9 cm³/mol. The van der Waals surface area contributed by atoms with Gasteiger partial charge in [-0.25, -0.2) is 0 Å². The number of likely N-dealkylation sites (tertiary alicyclic amines) is 1. The molecule has 1 aromatic carbocycles. The summed E-state index contributed by atoms with van der Waals surface area (Å²) in [7, 11) is 1.56. The van der Waals surface area contributed by atoms with E-state index in [1.807, 2.05) is 19.1 Å². The van der Waals surface area contributed by atoms with Crippen molar-refractivity contribution in [3.8, 4) is 5.75 Å². The van der Waals surface area contributed by atoms with Crippen LogP contribution in [-0.4, -0.2) is 41.7 Å². The number of benzene rings is 1. The van der Waals surface area contributed by atoms with E-state index in [1.165, 1.54) is 0 Å². The Kier molecular flexibility index (Phi) is 3.30. The smallest absolute Gasteiger partial charge is 0.257 e. The van der Waals surface area contributed by atoms with Crippen LogP contribution in [0.1, 0.15) is 29.3 Å². The molecule has 1 aromatic rings. The highest BCUT2D eigenvalue weighted by Crippen LogP contribution is 2.26. The molecule has 0 bridgehead atoms. The zero-order valence-electron chi connectivity index (χ0n) is 11.1. The molecule has 2 rings (SSSR count). The molecule has 1 fully saturated rings. The van der Waals surface area contributed by atoms with Crippen molar-refractivity contribution in [2.24, 2.45) is 0 Å². The zero-order chi connectivity index (χ0) is 13.3. The fourth-order valence-electron chi connectivity index (χ4n) is 2.28. The number of carbonyl (C=O) groups excluding carboxylic acids is 1. The third-order valence-corrected chi connectivity index (χ3v) is 3.32. The normalized spacial score (nSPS) is 23.2. The lowest BCUT2D eigenvalue weighted by Crippen LogP contribution is -2.34. The standard InChI is InChI=1S/C14H19NO3/c1-10-4-5-12(18-3)11(8-10)13(16)15-7-6-14(2,17)9-15/h4-5,8,17H,6-7,9H2,1-3H3. The van der Waals surface area contributed by atoms with E-state index in [-0.39, 0.29) is 5.91 Å². The van der Waals surface area contributed by atoms with Crippen LogP contribution >= 0.6 is 0 Å². The summed E-state index contributed by atoms with van der Waals surface area (Å²) in [5, 5.41) is 9.92. The molecule has 18 heavy (non-hydrogen) atoms. The molecule has 1 aliphatic rings. The highest BCUT2D eigenvalue weighted by atomic mass is 16.5. The van der Waals surface area contributed by atoms with Crippen LogP contribution in [0.3, 0.4) is 0 Å². The van der Waals surface area contributed by atoms with Gasteiger partial charge in [0.25, 0.3) is 5.91 Å². The maximum atomic E-state index is 12.4. The largest absolute Gasteiger partial charge is 0.496 e. The number of amides is 1. The molecule has 1 unspecified atom stereocenters. The van der Waals surface area contributed by atoms with E-state index in [1.54, 1.807) is 25.0 Å². The molecular formula is C14H19NO3. The SMILES string of the molecule is COc1ccc(C)cc1C(=O)N1CCC(C)(O)C1. The fourth-order valence-corrected chi connectivity index (χ4v) is 2.28. The van der Waals surface area contributed by atoms with Gasteiger partial charge in [-0.3, -0.25) is 4.79 Å². The van der Waals surface area contributed by atoms with E-state index in [0.29, 0.717) is 30.8 Å². The molecule has 1 amide bonds. The van der Waals surface area contributed by atoms with Crippen LogP contribution in [0.5, 0.6) is 5.75 Å². The van der Waals surface area contributed by atoms with E-state index in [0.717, 1.165) is 5.56 Å². The van der Waals surface area contributed by atoms with Crippen LogP contribution < -0.4 is 4.74 Å². The number of rotatable bonds is 2. The van der Waals surface area contributed by atoms with Gasteiger partial charge in [-0.1, -0.05) is 11.6 Å². The number of hydrogen-bond acceptors (Lipinski definition) is 3. The minimum absolute atomic E-state index is 0.0756. The van der Waals surface area contributed by atoms with Gasteiger partial charge in [-0.15, -0.1) is 0 Å². The van der Waals surface area contributed by atoms with Gasteiger partial charge < -0.3 is 14.7 Å². The summed E-state index contributed by atoms with van der Waals surface area (Å²) in [6, 6.07) is 5.54. The Hall–Kier alpha value is -1.55. The predicted octanol–water partition coefficient (Wildman–Crippen LogP) is 1.60. The van der Waals surface area contributed by atoms with Crippen LogP contribution in [0.25, 0.3) is 0 Å². The summed E-state index contributed by atoms with van der Waals surface area (Å²) < 4.78 is 5.22. The minimum atomic E-state index is -0.771. The monoisotopic (exact) mass is 249 g/mol. The van der Waals surface area contributed by atoms with Gasteiger partial charge in [-0.05, 0) is 32.4 Å². The van der Waals surface area contributed by atoms with Crippen LogP contribution in [0.15, 0.2) is 18.2 Å². The second-order valence-corrected chi connectivity index (χ2v) is 5.18. The molecule has 1 atom stereocenters. The number of carbonyl (C=O) groups is 1. The Morgan fingerprint density at radius 3 is 2.78 bits per heavy atom. The van der Waals surface area contributed by atoms with Crippen molar-refractivity contribution in [2.75, 3.05) is 20.2 Å². The number of aliphatic hydroxyl groups is 1. The number of ether oxygens (including phenoxy) is 1. The van der Waals surface area contributed by atoms with Gasteiger partial charge in [0.2, 0.25) is 0 Å². The van der Waals surface area contributed by atoms with Crippen molar-refractivity contribution in [2.45, 2.75) is 25.9 Å². The molecule has 1 saturated heterocycles. The second kappa shape index (κ2) is 4.61. The summed E-state index contributed by atoms with van der Waals surface area (Å²) in [4.78, 5) is 14.1. The van der Waals surface area contributed by atoms with Crippen LogP contribution in [0.2, 0.25) is 0 Å². The Morgan fingerprint density at radius 1 is 1.50 bits per heavy atom. The Labute approximate surface area is 107 Å². The van der Waals surface area contributed by atoms with Gasteiger partial charge in [0.05, 0.1) is 18.3 Å². The summed E-state index contributed by atoms with van der Waals surface area (Å²) in [5.41, 5.74) is 0.813. The first-order chi connectivity index (χ1) is 8.43. The lowest BCUT2D eigenvalue weighted by Gasteiger charge is -2.20. The minimum Gasteiger partial charge on any atom is -0.496 e. The van der Waals surface area contributed by atoms with Crippen LogP contribution in [0.4, 0.5) is 0 Å². The fraction of sp³-hybridized carbons (Fsp3) is 0.500. The second-order valence-electron chi connectivity index (χ2n) is 5.18. The number of hydrogen-bond donors (Lipinski definition) is 1. The van der Waals surface area contributed by atoms with Crippen LogP contribution in [-0.2, 0) is 0 Å². The molecule has 4 heteroatoms. The summed E-state index contributed by atoms with van der Waals surface area (Å²) in [6.07, 6.45) is 0.618. The number of methoxy groups -OCH3 is 1. The Bertz CT molecular complexity index is 468. The van der Waals surface area contributed by atoms with Crippen molar-refractivity contribution in [3.63, 3.8) is 0 Å². The van der Waals surface area contributed by atoms with Crippen molar-refractivity contribution >= 4 is 5.91 Å². The maximum Gasteiger partial charge on any atom is 0.257 e. The highest BCUT2D eigenvalue weighted by Gasteiger charge is 2.35. The van der Waals surface area contributed by atoms with Crippen molar-refractivity contribution < 1.29 is 14.6 Å². The first kappa shape index (κ1) is 12.9. The van der Waals surface area contributed by atoms with Gasteiger partial charge in [-0.2, -0.15) is 0 Å². The average molecular weight is 249 g/mol. The Morgan fingerprint density at radius 2 is 2.22 bits per heavy atom. The number of β-amino-alcohol motifs (C(OH)–C–C–N with tert-alkyl or cyclic N) is 1. The van der Waals surface area contributed by atoms with E-state index in [9.17, 15) is 9.90 Å². The zero-order valence-corrected chi connectivity index (χ0v) is 11.1. The van der Waals surface area contributed by atoms with Crippen molar-refractivity contribution in [1.82, 2.24) is 4.90 Å². The van der Waals surface area contributed by atoms with E-state index < -0.39 is 5.60 Å². The molecule has 0 aliphatic carbocycles. The number of nitrogens with zero attached hydrogens (tertiary/aromatic N) is 1. The maximum absolute atomic E-state index is 12.4. The van der Waals surface area contributed by atoms with E-state index in [2.05, 4.69) is 0 Å². The first-order valence-corrected chi connectivity index (χ1v) is 6.09. The van der Waals surface area contributed by atoms with Gasteiger partial charge >= 0.3 is 0 Å². The first-order valence-electron chi connectivity index (χ1n) is 6.09. The van der Waals surface area contributed by atoms with Gasteiger partial charge in [0.15, 0.2) is 0 Å². The summed E-state index contributed by atoms with van der Waals surface area (Å²) in [5.74, 6) is 0.505. The van der Waals surface area contributed by atoms with Crippen molar-refractivity contribution in [1.29, 1.82) is 0 Å². The quantitative estimate of drug-likeness (QED) is 0.866. The summed E-state index contributed by atoms with van der Waals surface area (Å²) >= 11 is 0. The number of aryl methyl sites for hydroxylation is 1. The molecule has 0 radical (unpaired) electrons. The molecule has 1 aliphatic heterocycles. The van der Waals surface area contributed by atoms with E-state index >= 15 is 0 Å². The third-order valence-electron chi connectivity index (χ3n) is 3.32. The lowest BCUT2D eigenvalue weighted by atomic mass is 10.1. The Balaban J connectivity index is 2.26. The summed E-state index contributed by atoms with van der Waals surface area (Å²) in [6.45, 7) is 4.66. The van der Waals surface area contributed by atoms with Gasteiger partial charge in [0, 0.05) is 13.1 Å². The van der Waals surface area contributed by atoms with Crippen LogP contribution in [0, 0.1) is 6.92 Å². The molecule has 1 N–H and O–H groups in total. The molecule has 0 saturated carbocycles. The molecule has 0 spiro atoms. The topological polar surface area (TPSA) is 49.8 Å². The van der Waals surface area contributed by atoms with Crippen molar-refractivity contribution in [3.05, 3.63) is 29.3 Å². The molecule has 98 valence electrons. The highest BCUT2D eigenvalue weighted by molar-refractivity contribution is 5.97. The average Bonchev–Trinajstić information content (AvgIpc) is 2.68. The van der Waals surface area contributed by atoms with E-state index in [4.69, 9.17) is 4.74 Å². The molecule has 1 heterocycles. The lowest BCUT2D eigenvalue weighted by molar-refractivity contribution is 0.0570. The third kappa shape index (κ3) is 2.48.